The fraction of sp³-hybridized carbons (Fsp3) is 0.619. The number of anilines is 1. The van der Waals surface area contributed by atoms with Crippen LogP contribution in [0.1, 0.15) is 24.5 Å². The number of carboxylic acids is 1. The van der Waals surface area contributed by atoms with E-state index < -0.39 is 24.2 Å². The van der Waals surface area contributed by atoms with Gasteiger partial charge in [-0.2, -0.15) is 0 Å². The predicted octanol–water partition coefficient (Wildman–Crippen LogP) is -1.01. The molecule has 10 nitrogen and oxygen atoms in total. The van der Waals surface area contributed by atoms with E-state index in [2.05, 4.69) is 27.9 Å². The molecule has 3 aliphatic heterocycles. The smallest absolute Gasteiger partial charge is 0.410 e. The third kappa shape index (κ3) is 4.64. The van der Waals surface area contributed by atoms with Crippen molar-refractivity contribution in [1.29, 1.82) is 0 Å². The van der Waals surface area contributed by atoms with Crippen LogP contribution >= 0.6 is 0 Å². The molecule has 2 saturated heterocycles. The van der Waals surface area contributed by atoms with E-state index >= 15 is 0 Å². The average Bonchev–Trinajstić information content (AvgIpc) is 3.18. The summed E-state index contributed by atoms with van der Waals surface area (Å²) in [4.78, 5) is 47.0. The minimum absolute atomic E-state index is 0.149. The molecule has 2 amide bonds. The van der Waals surface area contributed by atoms with Crippen molar-refractivity contribution < 1.29 is 29.1 Å². The fourth-order valence-electron chi connectivity index (χ4n) is 4.61. The summed E-state index contributed by atoms with van der Waals surface area (Å²) in [7, 11) is 2.12. The molecule has 1 aromatic heterocycles. The van der Waals surface area contributed by atoms with Crippen LogP contribution in [0.4, 0.5) is 10.6 Å². The molecule has 0 radical (unpaired) electrons. The lowest BCUT2D eigenvalue weighted by molar-refractivity contribution is -0.825. The van der Waals surface area contributed by atoms with Crippen LogP contribution < -0.4 is 9.80 Å². The van der Waals surface area contributed by atoms with Crippen LogP contribution in [-0.2, 0) is 27.3 Å². The van der Waals surface area contributed by atoms with Crippen LogP contribution in [0.15, 0.2) is 12.3 Å². The Hall–Kier alpha value is -2.72. The molecule has 4 rings (SSSR count). The van der Waals surface area contributed by atoms with Gasteiger partial charge in [0.2, 0.25) is 0 Å². The first kappa shape index (κ1) is 21.5. The van der Waals surface area contributed by atoms with Crippen LogP contribution in [0.3, 0.4) is 0 Å². The van der Waals surface area contributed by atoms with Gasteiger partial charge in [-0.25, -0.2) is 19.4 Å². The number of hydrogen-bond donors (Lipinski definition) is 2. The van der Waals surface area contributed by atoms with E-state index in [-0.39, 0.29) is 18.9 Å². The van der Waals surface area contributed by atoms with E-state index in [9.17, 15) is 19.5 Å². The number of carbonyl (C=O) groups is 3. The normalized spacial score (nSPS) is 26.5. The number of hydrogen-bond acceptors (Lipinski definition) is 7. The fourth-order valence-corrected chi connectivity index (χ4v) is 4.61. The topological polar surface area (TPSA) is 108 Å². The molecule has 0 bridgehead atoms. The highest BCUT2D eigenvalue weighted by Crippen LogP contribution is 2.24. The first-order valence-electron chi connectivity index (χ1n) is 10.8. The van der Waals surface area contributed by atoms with Gasteiger partial charge in [-0.15, -0.1) is 0 Å². The highest BCUT2D eigenvalue weighted by atomic mass is 16.6. The molecular formula is C21H30N5O5+. The van der Waals surface area contributed by atoms with Gasteiger partial charge in [0.05, 0.1) is 19.9 Å². The number of pyridine rings is 1. The number of rotatable bonds is 3. The zero-order chi connectivity index (χ0) is 22.1. The summed E-state index contributed by atoms with van der Waals surface area (Å²) in [5, 5.41) is 9.34. The van der Waals surface area contributed by atoms with Gasteiger partial charge < -0.3 is 24.5 Å². The number of amides is 2. The molecule has 1 aromatic rings. The molecule has 0 aromatic carbocycles. The number of likely N-dealkylation sites (tertiary alicyclic amines) is 1. The number of piperazine rings is 1. The number of aromatic nitrogens is 1. The molecule has 3 atom stereocenters. The zero-order valence-corrected chi connectivity index (χ0v) is 18.0. The van der Waals surface area contributed by atoms with Crippen LogP contribution in [0.25, 0.3) is 0 Å². The third-order valence-corrected chi connectivity index (χ3v) is 6.55. The number of ether oxygens (including phenoxy) is 1. The summed E-state index contributed by atoms with van der Waals surface area (Å²) >= 11 is 0. The van der Waals surface area contributed by atoms with Gasteiger partial charge in [-0.3, -0.25) is 4.90 Å². The van der Waals surface area contributed by atoms with Gasteiger partial charge in [-0.1, -0.05) is 0 Å². The van der Waals surface area contributed by atoms with Crippen molar-refractivity contribution in [1.82, 2.24) is 14.8 Å². The maximum absolute atomic E-state index is 12.7. The second kappa shape index (κ2) is 8.80. The second-order valence-corrected chi connectivity index (χ2v) is 8.69. The van der Waals surface area contributed by atoms with Crippen LogP contribution in [0.5, 0.6) is 0 Å². The van der Waals surface area contributed by atoms with Gasteiger partial charge in [0.1, 0.15) is 12.4 Å². The van der Waals surface area contributed by atoms with Gasteiger partial charge in [0, 0.05) is 38.9 Å². The van der Waals surface area contributed by atoms with Gasteiger partial charge in [0.15, 0.2) is 12.1 Å². The molecule has 168 valence electrons. The van der Waals surface area contributed by atoms with Crippen molar-refractivity contribution in [2.75, 3.05) is 51.2 Å². The van der Waals surface area contributed by atoms with E-state index in [1.807, 2.05) is 6.20 Å². The highest BCUT2D eigenvalue weighted by Gasteiger charge is 2.45. The molecule has 2 N–H and O–H groups in total. The molecule has 0 saturated carbocycles. The number of nitrogens with one attached hydrogen (secondary N) is 1. The Balaban J connectivity index is 1.36. The van der Waals surface area contributed by atoms with Crippen molar-refractivity contribution >= 4 is 23.8 Å². The number of carboxylic acid groups (broad SMARTS) is 1. The molecule has 3 aliphatic rings. The average molecular weight is 433 g/mol. The quantitative estimate of drug-likeness (QED) is 0.625. The Labute approximate surface area is 181 Å². The largest absolute Gasteiger partial charge is 0.477 e. The van der Waals surface area contributed by atoms with E-state index in [1.54, 1.807) is 4.90 Å². The minimum atomic E-state index is -1.04. The van der Waals surface area contributed by atoms with Crippen molar-refractivity contribution in [2.45, 2.75) is 38.5 Å². The summed E-state index contributed by atoms with van der Waals surface area (Å²) in [6.07, 6.45) is 1.68. The molecule has 10 heteroatoms. The molecule has 31 heavy (non-hydrogen) atoms. The molecule has 2 unspecified atom stereocenters. The van der Waals surface area contributed by atoms with Crippen LogP contribution in [0, 0.1) is 0 Å². The number of quaternary nitrogens is 1. The third-order valence-electron chi connectivity index (χ3n) is 6.55. The van der Waals surface area contributed by atoms with Crippen molar-refractivity contribution in [2.24, 2.45) is 0 Å². The first-order chi connectivity index (χ1) is 14.8. The maximum atomic E-state index is 12.7. The lowest BCUT2D eigenvalue weighted by Gasteiger charge is -2.34. The van der Waals surface area contributed by atoms with Crippen LogP contribution in [0.2, 0.25) is 0 Å². The number of likely N-dealkylation sites (N-methyl/N-ethyl adjacent to an activating group) is 1. The number of nitrogens with zero attached hydrogens (tertiary/aromatic N) is 4. The summed E-state index contributed by atoms with van der Waals surface area (Å²) in [6.45, 7) is 6.46. The molecule has 4 heterocycles. The van der Waals surface area contributed by atoms with Gasteiger partial charge in [-0.05, 0) is 30.7 Å². The Morgan fingerprint density at radius 1 is 1.16 bits per heavy atom. The number of fused-ring (bicyclic) bond motifs is 1. The maximum Gasteiger partial charge on any atom is 0.410 e. The molecular weight excluding hydrogens is 402 g/mol. The Morgan fingerprint density at radius 3 is 2.55 bits per heavy atom. The van der Waals surface area contributed by atoms with Crippen molar-refractivity contribution in [3.8, 4) is 0 Å². The molecule has 2 fully saturated rings. The number of aliphatic carboxylic acids is 1. The molecule has 0 aliphatic carbocycles. The van der Waals surface area contributed by atoms with E-state index in [0.717, 1.165) is 44.0 Å². The van der Waals surface area contributed by atoms with E-state index in [1.165, 1.54) is 12.5 Å². The lowest BCUT2D eigenvalue weighted by atomic mass is 10.0. The standard InChI is InChI=1S/C21H29N5O5/c1-14(27)26-13-17(10-18(26)20(28)29)31-21(30)25-4-3-15-9-19(22-11-16(15)12-25)24-7-5-23(2)6-8-24/h9,11,17-18H,3-8,10,12-13H2,1-2H3,(H,28,29)/p+1/t17?,18-/m0/s1. The van der Waals surface area contributed by atoms with E-state index in [0.29, 0.717) is 18.0 Å². The highest BCUT2D eigenvalue weighted by molar-refractivity contribution is 5.76. The van der Waals surface area contributed by atoms with E-state index in [4.69, 9.17) is 4.74 Å². The Bertz CT molecular complexity index is 848. The Kier molecular flexibility index (Phi) is 6.10. The van der Waals surface area contributed by atoms with Crippen molar-refractivity contribution in [3.63, 3.8) is 0 Å². The van der Waals surface area contributed by atoms with Gasteiger partial charge in [0.25, 0.3) is 0 Å². The lowest BCUT2D eigenvalue weighted by Crippen LogP contribution is -3.17. The number of carbonyl (C=O) groups excluding carboxylic acids is 2. The summed E-state index contributed by atoms with van der Waals surface area (Å²) < 4.78 is 5.57. The summed E-state index contributed by atoms with van der Waals surface area (Å²) in [5.74, 6) is -0.307. The monoisotopic (exact) mass is 432 g/mol. The predicted molar refractivity (Wildman–Crippen MR) is 111 cm³/mol. The van der Waals surface area contributed by atoms with Gasteiger partial charge >= 0.3 is 18.0 Å². The zero-order valence-electron chi connectivity index (χ0n) is 18.0. The SMILES string of the molecule is CC(=O)[NH+]1CC(OC(=O)N2CCc3cc(N4CCN(C)CC4)ncc3C2)C[C@H]1C(=O)O. The summed E-state index contributed by atoms with van der Waals surface area (Å²) in [5.41, 5.74) is 2.21. The minimum Gasteiger partial charge on any atom is -0.477 e. The summed E-state index contributed by atoms with van der Waals surface area (Å²) in [6, 6.07) is 1.26. The Morgan fingerprint density at radius 2 is 1.90 bits per heavy atom. The van der Waals surface area contributed by atoms with Crippen LogP contribution in [-0.4, -0.2) is 96.3 Å². The first-order valence-corrected chi connectivity index (χ1v) is 10.8. The van der Waals surface area contributed by atoms with Crippen molar-refractivity contribution in [3.05, 3.63) is 23.4 Å². The molecule has 0 spiro atoms. The second-order valence-electron chi connectivity index (χ2n) is 8.69.